The molecule has 1 heterocycles. The van der Waals surface area contributed by atoms with E-state index in [1.165, 1.54) is 17.0 Å². The van der Waals surface area contributed by atoms with Gasteiger partial charge in [-0.2, -0.15) is 9.84 Å². The molecule has 7 nitrogen and oxygen atoms in total. The van der Waals surface area contributed by atoms with Gasteiger partial charge in [0.1, 0.15) is 6.54 Å². The van der Waals surface area contributed by atoms with E-state index in [9.17, 15) is 4.79 Å². The summed E-state index contributed by atoms with van der Waals surface area (Å²) in [6, 6.07) is 27.6. The highest BCUT2D eigenvalue weighted by molar-refractivity contribution is 6.05. The molecule has 43 heavy (non-hydrogen) atoms. The number of unbranched alkanes of at least 4 members (excludes halogenated alkanes) is 2. The number of nitriles is 1. The fourth-order valence-electron chi connectivity index (χ4n) is 5.58. The number of hydrogen-bond donors (Lipinski definition) is 3. The van der Waals surface area contributed by atoms with Gasteiger partial charge in [0.05, 0.1) is 17.9 Å². The fourth-order valence-corrected chi connectivity index (χ4v) is 5.58. The maximum Gasteiger partial charge on any atom is 0.220 e. The average molecular weight is 578 g/mol. The van der Waals surface area contributed by atoms with Gasteiger partial charge in [-0.3, -0.25) is 4.79 Å². The molecular weight excluding hydrogens is 532 g/mol. The van der Waals surface area contributed by atoms with Crippen LogP contribution in [-0.4, -0.2) is 49.4 Å². The Morgan fingerprint density at radius 1 is 1.00 bits per heavy atom. The van der Waals surface area contributed by atoms with E-state index >= 15 is 0 Å². The largest absolute Gasteiger partial charge is 0.374 e. The minimum absolute atomic E-state index is 0.0778. The first-order chi connectivity index (χ1) is 20.8. The topological polar surface area (TPSA) is 97.2 Å². The summed E-state index contributed by atoms with van der Waals surface area (Å²) in [7, 11) is 2.02. The molecule has 0 saturated heterocycles. The van der Waals surface area contributed by atoms with Crippen LogP contribution in [0.5, 0.6) is 0 Å². The fraction of sp³-hybridized carbons (Fsp3) is 0.361. The summed E-state index contributed by atoms with van der Waals surface area (Å²) >= 11 is 0. The standard InChI is InChI=1S/C36H44N6O/c1-36(2)32-27-30(40-29-11-6-4-7-12-29)17-20-33(32)42(26-9-5-8-13-35(43)39-24-23-38)34(36)21-16-28-14-18-31(19-15-28)41(3)25-10-22-37/h4,6-7,11-12,14-21,27,40H,5,8-10,13,23-26,38H2,1-3H3/p+1. The van der Waals surface area contributed by atoms with Gasteiger partial charge < -0.3 is 21.3 Å². The van der Waals surface area contributed by atoms with Gasteiger partial charge in [-0.05, 0) is 74.7 Å². The molecule has 0 atom stereocenters. The van der Waals surface area contributed by atoms with Crippen molar-refractivity contribution in [2.45, 2.75) is 51.4 Å². The summed E-state index contributed by atoms with van der Waals surface area (Å²) < 4.78 is 2.46. The van der Waals surface area contributed by atoms with Crippen molar-refractivity contribution >= 4 is 40.4 Å². The number of carbonyl (C=O) groups is 1. The Labute approximate surface area is 256 Å². The van der Waals surface area contributed by atoms with Crippen LogP contribution in [0.3, 0.4) is 0 Å². The average Bonchev–Trinajstić information content (AvgIpc) is 3.23. The normalized spacial score (nSPS) is 13.6. The monoisotopic (exact) mass is 577 g/mol. The van der Waals surface area contributed by atoms with Gasteiger partial charge in [-0.25, -0.2) is 0 Å². The highest BCUT2D eigenvalue weighted by atomic mass is 16.1. The van der Waals surface area contributed by atoms with Crippen molar-refractivity contribution in [3.05, 3.63) is 90.0 Å². The first kappa shape index (κ1) is 31.5. The summed E-state index contributed by atoms with van der Waals surface area (Å²) in [4.78, 5) is 14.1. The Kier molecular flexibility index (Phi) is 11.1. The summed E-state index contributed by atoms with van der Waals surface area (Å²) in [6.07, 6.45) is 8.33. The molecule has 0 bridgehead atoms. The molecule has 1 amide bonds. The lowest BCUT2D eigenvalue weighted by Gasteiger charge is -2.18. The molecule has 0 aromatic heterocycles. The van der Waals surface area contributed by atoms with Gasteiger partial charge in [0.15, 0.2) is 5.71 Å². The Bertz CT molecular complexity index is 1470. The molecule has 1 aliphatic rings. The molecule has 0 fully saturated rings. The molecule has 0 aliphatic carbocycles. The van der Waals surface area contributed by atoms with Gasteiger partial charge in [0.2, 0.25) is 11.6 Å². The Hall–Kier alpha value is -4.41. The molecule has 0 spiro atoms. The highest BCUT2D eigenvalue weighted by Crippen LogP contribution is 2.42. The number of carbonyl (C=O) groups excluding carboxylic acids is 1. The first-order valence-electron chi connectivity index (χ1n) is 15.3. The Morgan fingerprint density at radius 2 is 1.77 bits per heavy atom. The van der Waals surface area contributed by atoms with Crippen molar-refractivity contribution in [1.82, 2.24) is 5.32 Å². The molecule has 3 aromatic rings. The van der Waals surface area contributed by atoms with Crippen LogP contribution in [-0.2, 0) is 10.2 Å². The summed E-state index contributed by atoms with van der Waals surface area (Å²) in [6.45, 7) is 7.19. The molecule has 0 radical (unpaired) electrons. The second-order valence-electron chi connectivity index (χ2n) is 11.6. The first-order valence-corrected chi connectivity index (χ1v) is 15.3. The quantitative estimate of drug-likeness (QED) is 0.141. The minimum Gasteiger partial charge on any atom is -0.374 e. The zero-order valence-corrected chi connectivity index (χ0v) is 25.8. The Balaban J connectivity index is 1.55. The number of benzene rings is 3. The molecule has 4 rings (SSSR count). The van der Waals surface area contributed by atoms with Gasteiger partial charge in [0, 0.05) is 74.3 Å². The van der Waals surface area contributed by atoms with Crippen LogP contribution in [0.2, 0.25) is 0 Å². The van der Waals surface area contributed by atoms with Crippen LogP contribution < -0.4 is 21.3 Å². The highest BCUT2D eigenvalue weighted by Gasteiger charge is 2.44. The minimum atomic E-state index is -0.195. The molecule has 1 aliphatic heterocycles. The number of para-hydroxylation sites is 1. The van der Waals surface area contributed by atoms with Gasteiger partial charge >= 0.3 is 0 Å². The van der Waals surface area contributed by atoms with Crippen molar-refractivity contribution in [1.29, 1.82) is 5.26 Å². The van der Waals surface area contributed by atoms with Crippen LogP contribution >= 0.6 is 0 Å². The Morgan fingerprint density at radius 3 is 2.49 bits per heavy atom. The second kappa shape index (κ2) is 15.2. The van der Waals surface area contributed by atoms with E-state index in [0.29, 0.717) is 32.5 Å². The van der Waals surface area contributed by atoms with E-state index in [-0.39, 0.29) is 11.3 Å². The van der Waals surface area contributed by atoms with E-state index < -0.39 is 0 Å². The third-order valence-electron chi connectivity index (χ3n) is 8.03. The third-order valence-corrected chi connectivity index (χ3v) is 8.03. The third kappa shape index (κ3) is 8.33. The summed E-state index contributed by atoms with van der Waals surface area (Å²) in [5, 5.41) is 15.3. The molecule has 4 N–H and O–H groups in total. The number of rotatable bonds is 15. The van der Waals surface area contributed by atoms with Crippen LogP contribution in [0.25, 0.3) is 6.08 Å². The maximum atomic E-state index is 12.0. The lowest BCUT2D eigenvalue weighted by Crippen LogP contribution is -2.28. The number of fused-ring (bicyclic) bond motifs is 1. The zero-order chi connectivity index (χ0) is 30.7. The van der Waals surface area contributed by atoms with E-state index in [4.69, 9.17) is 11.0 Å². The molecule has 0 saturated carbocycles. The lowest BCUT2D eigenvalue weighted by molar-refractivity contribution is -0.438. The number of nitrogens with one attached hydrogen (secondary N) is 2. The maximum absolute atomic E-state index is 12.0. The molecule has 224 valence electrons. The van der Waals surface area contributed by atoms with E-state index in [2.05, 4.69) is 107 Å². The number of anilines is 3. The van der Waals surface area contributed by atoms with Crippen molar-refractivity contribution in [2.24, 2.45) is 5.73 Å². The second-order valence-corrected chi connectivity index (χ2v) is 11.6. The van der Waals surface area contributed by atoms with Crippen LogP contribution in [0.1, 0.15) is 57.1 Å². The van der Waals surface area contributed by atoms with E-state index in [1.54, 1.807) is 0 Å². The summed E-state index contributed by atoms with van der Waals surface area (Å²) in [5.74, 6) is 0.0778. The van der Waals surface area contributed by atoms with E-state index in [1.807, 2.05) is 25.2 Å². The van der Waals surface area contributed by atoms with Crippen molar-refractivity contribution < 1.29 is 9.37 Å². The van der Waals surface area contributed by atoms with Crippen molar-refractivity contribution in [3.8, 4) is 6.07 Å². The van der Waals surface area contributed by atoms with Crippen LogP contribution in [0.4, 0.5) is 22.7 Å². The van der Waals surface area contributed by atoms with Crippen molar-refractivity contribution in [2.75, 3.05) is 43.4 Å². The van der Waals surface area contributed by atoms with Crippen LogP contribution in [0, 0.1) is 11.3 Å². The number of nitrogens with zero attached hydrogens (tertiary/aromatic N) is 3. The smallest absolute Gasteiger partial charge is 0.220 e. The number of allylic oxidation sites excluding steroid dienone is 1. The SMILES string of the molecule is CN(CCC#N)c1ccc(/C=C/C2=[N+](CCCCCC(=O)NCCN)c3ccc(Nc4ccccc4)cc3C2(C)C)cc1. The lowest BCUT2D eigenvalue weighted by atomic mass is 9.81. The van der Waals surface area contributed by atoms with Gasteiger partial charge in [-0.15, -0.1) is 0 Å². The predicted molar refractivity (Wildman–Crippen MR) is 178 cm³/mol. The number of hydrogen-bond acceptors (Lipinski definition) is 5. The molecule has 7 heteroatoms. The summed E-state index contributed by atoms with van der Waals surface area (Å²) in [5.41, 5.74) is 13.5. The zero-order valence-electron chi connectivity index (χ0n) is 25.8. The van der Waals surface area contributed by atoms with E-state index in [0.717, 1.165) is 48.4 Å². The predicted octanol–water partition coefficient (Wildman–Crippen LogP) is 6.50. The van der Waals surface area contributed by atoms with Crippen LogP contribution in [0.15, 0.2) is 78.9 Å². The van der Waals surface area contributed by atoms with Gasteiger partial charge in [0.25, 0.3) is 0 Å². The van der Waals surface area contributed by atoms with Gasteiger partial charge in [-0.1, -0.05) is 30.3 Å². The molecular formula is C36H45N6O+. The number of amides is 1. The number of nitrogens with two attached hydrogens (primary N) is 1. The van der Waals surface area contributed by atoms with Crippen molar-refractivity contribution in [3.63, 3.8) is 0 Å². The molecule has 3 aromatic carbocycles. The molecule has 0 unspecified atom stereocenters.